The number of primary amides is 1. The Morgan fingerprint density at radius 3 is 2.51 bits per heavy atom. The van der Waals surface area contributed by atoms with Crippen molar-refractivity contribution < 1.29 is 37.0 Å². The molecule has 1 aliphatic carbocycles. The molecular formula is C26H25F4N5O4. The quantitative estimate of drug-likeness (QED) is 0.390. The fourth-order valence-corrected chi connectivity index (χ4v) is 4.47. The number of aryl methyl sites for hydroxylation is 1. The van der Waals surface area contributed by atoms with Crippen LogP contribution in [-0.4, -0.2) is 51.0 Å². The number of aromatic nitrogens is 3. The molecule has 1 aromatic carbocycles. The second-order valence-electron chi connectivity index (χ2n) is 10.1. The van der Waals surface area contributed by atoms with Crippen molar-refractivity contribution in [2.45, 2.75) is 49.9 Å². The molecule has 3 heterocycles. The van der Waals surface area contributed by atoms with Gasteiger partial charge < -0.3 is 20.9 Å². The minimum atomic E-state index is -5.31. The van der Waals surface area contributed by atoms with Crippen LogP contribution in [0.2, 0.25) is 0 Å². The Balaban J connectivity index is 1.58. The van der Waals surface area contributed by atoms with E-state index >= 15 is 0 Å². The van der Waals surface area contributed by atoms with Crippen LogP contribution < -0.4 is 15.8 Å². The highest BCUT2D eigenvalue weighted by atomic mass is 19.4. The molecule has 0 bridgehead atoms. The Labute approximate surface area is 220 Å². The molecule has 39 heavy (non-hydrogen) atoms. The number of benzene rings is 1. The van der Waals surface area contributed by atoms with E-state index < -0.39 is 47.1 Å². The summed E-state index contributed by atoms with van der Waals surface area (Å²) in [5.74, 6) is -2.32. The summed E-state index contributed by atoms with van der Waals surface area (Å²) in [6.07, 6.45) is -2.06. The van der Waals surface area contributed by atoms with E-state index in [1.807, 2.05) is 0 Å². The van der Waals surface area contributed by atoms with Gasteiger partial charge in [0.2, 0.25) is 11.5 Å². The van der Waals surface area contributed by atoms with Gasteiger partial charge in [-0.05, 0) is 57.0 Å². The molecule has 9 nitrogen and oxygen atoms in total. The maximum absolute atomic E-state index is 14.5. The monoisotopic (exact) mass is 547 g/mol. The number of halogens is 4. The molecule has 0 saturated heterocycles. The lowest BCUT2D eigenvalue weighted by atomic mass is 9.81. The third-order valence-corrected chi connectivity index (χ3v) is 7.21. The summed E-state index contributed by atoms with van der Waals surface area (Å²) in [4.78, 5) is 29.2. The largest absolute Gasteiger partial charge is 0.489 e. The summed E-state index contributed by atoms with van der Waals surface area (Å²) in [6, 6.07) is 5.78. The third-order valence-electron chi connectivity index (χ3n) is 7.21. The van der Waals surface area contributed by atoms with Crippen LogP contribution in [0, 0.1) is 12.7 Å². The van der Waals surface area contributed by atoms with E-state index in [1.165, 1.54) is 25.3 Å². The van der Waals surface area contributed by atoms with Crippen molar-refractivity contribution in [2.75, 3.05) is 13.2 Å². The van der Waals surface area contributed by atoms with Crippen molar-refractivity contribution in [3.8, 4) is 17.0 Å². The van der Waals surface area contributed by atoms with Gasteiger partial charge >= 0.3 is 6.18 Å². The van der Waals surface area contributed by atoms with E-state index in [1.54, 1.807) is 11.6 Å². The minimum absolute atomic E-state index is 0.0108. The number of hydrogen-bond acceptors (Lipinski definition) is 6. The van der Waals surface area contributed by atoms with E-state index in [0.717, 1.165) is 31.0 Å². The number of nitrogens with one attached hydrogen (secondary N) is 1. The van der Waals surface area contributed by atoms with Crippen molar-refractivity contribution in [1.82, 2.24) is 20.1 Å². The third kappa shape index (κ3) is 4.50. The number of aliphatic hydroxyl groups is 1. The number of carbonyl (C=O) groups excluding carboxylic acids is 2. The minimum Gasteiger partial charge on any atom is -0.489 e. The summed E-state index contributed by atoms with van der Waals surface area (Å²) in [6.45, 7) is 1.40. The number of amides is 2. The standard InChI is InChI=1S/C26H25F4N5O4/c1-13-17(10-35(34-13)16-7-8-16)22(36)32-11-25(38,26(28,29)30)19-9-18-21(39-12-24(18,2)23(31)37)20(33-19)14-3-5-15(27)6-4-14/h3-6,9-10,16,38H,7-8,11-12H2,1-2H3,(H2,31,37)(H,32,36)/t24-,25?/m0/s1. The highest BCUT2D eigenvalue weighted by Gasteiger charge is 2.57. The molecular weight excluding hydrogens is 522 g/mol. The summed E-state index contributed by atoms with van der Waals surface area (Å²) in [5.41, 5.74) is -0.111. The van der Waals surface area contributed by atoms with E-state index in [2.05, 4.69) is 15.4 Å². The van der Waals surface area contributed by atoms with E-state index in [0.29, 0.717) is 5.69 Å². The molecule has 1 unspecified atom stereocenters. The molecule has 206 valence electrons. The Morgan fingerprint density at radius 2 is 1.92 bits per heavy atom. The number of fused-ring (bicyclic) bond motifs is 1. The van der Waals surface area contributed by atoms with Gasteiger partial charge in [0.25, 0.3) is 5.91 Å². The Bertz CT molecular complexity index is 1470. The SMILES string of the molecule is Cc1nn(C2CC2)cc1C(=O)NCC(O)(c1cc2c(c(-c3ccc(F)cc3)n1)OC[C@]2(C)C(N)=O)C(F)(F)F. The summed E-state index contributed by atoms with van der Waals surface area (Å²) >= 11 is 0. The maximum Gasteiger partial charge on any atom is 0.424 e. The highest BCUT2D eigenvalue weighted by molar-refractivity contribution is 5.95. The zero-order valence-electron chi connectivity index (χ0n) is 21.0. The molecule has 0 radical (unpaired) electrons. The number of alkyl halides is 3. The molecule has 2 aromatic heterocycles. The average Bonchev–Trinajstić information content (AvgIpc) is 3.57. The molecule has 0 spiro atoms. The predicted molar refractivity (Wildman–Crippen MR) is 129 cm³/mol. The lowest BCUT2D eigenvalue weighted by molar-refractivity contribution is -0.265. The first-order valence-electron chi connectivity index (χ1n) is 12.1. The zero-order chi connectivity index (χ0) is 28.3. The smallest absolute Gasteiger partial charge is 0.424 e. The summed E-state index contributed by atoms with van der Waals surface area (Å²) < 4.78 is 64.3. The van der Waals surface area contributed by atoms with Crippen LogP contribution in [0.5, 0.6) is 5.75 Å². The lowest BCUT2D eigenvalue weighted by Gasteiger charge is -2.31. The first-order chi connectivity index (χ1) is 18.2. The van der Waals surface area contributed by atoms with Crippen molar-refractivity contribution in [3.05, 3.63) is 64.9 Å². The molecule has 5 rings (SSSR count). The fraction of sp³-hybridized carbons (Fsp3) is 0.385. The van der Waals surface area contributed by atoms with E-state index in [-0.39, 0.29) is 40.8 Å². The van der Waals surface area contributed by atoms with E-state index in [9.17, 15) is 32.3 Å². The number of carbonyl (C=O) groups is 2. The molecule has 2 amide bonds. The van der Waals surface area contributed by atoms with Gasteiger partial charge in [0.05, 0.1) is 29.5 Å². The summed E-state index contributed by atoms with van der Waals surface area (Å²) in [7, 11) is 0. The van der Waals surface area contributed by atoms with Gasteiger partial charge in [-0.1, -0.05) is 0 Å². The lowest BCUT2D eigenvalue weighted by Crippen LogP contribution is -2.52. The van der Waals surface area contributed by atoms with Crippen molar-refractivity contribution >= 4 is 11.8 Å². The molecule has 2 aliphatic rings. The molecule has 2 atom stereocenters. The second-order valence-corrected chi connectivity index (χ2v) is 10.1. The van der Waals surface area contributed by atoms with Gasteiger partial charge in [-0.2, -0.15) is 18.3 Å². The van der Waals surface area contributed by atoms with Crippen LogP contribution in [0.3, 0.4) is 0 Å². The number of hydrogen-bond donors (Lipinski definition) is 3. The molecule has 3 aromatic rings. The maximum atomic E-state index is 14.5. The number of nitrogens with zero attached hydrogens (tertiary/aromatic N) is 3. The van der Waals surface area contributed by atoms with Crippen molar-refractivity contribution in [3.63, 3.8) is 0 Å². The normalized spacial score (nSPS) is 20.2. The van der Waals surface area contributed by atoms with Gasteiger partial charge in [-0.15, -0.1) is 0 Å². The molecule has 13 heteroatoms. The molecule has 1 fully saturated rings. The average molecular weight is 548 g/mol. The first kappa shape index (κ1) is 26.6. The summed E-state index contributed by atoms with van der Waals surface area (Å²) in [5, 5.41) is 17.5. The number of pyridine rings is 1. The van der Waals surface area contributed by atoms with Crippen LogP contribution in [0.1, 0.15) is 53.1 Å². The van der Waals surface area contributed by atoms with Gasteiger partial charge in [0.15, 0.2) is 0 Å². The molecule has 1 saturated carbocycles. The van der Waals surface area contributed by atoms with Crippen LogP contribution in [0.25, 0.3) is 11.3 Å². The van der Waals surface area contributed by atoms with Crippen molar-refractivity contribution in [1.29, 1.82) is 0 Å². The van der Waals surface area contributed by atoms with Crippen LogP contribution in [0.15, 0.2) is 36.5 Å². The molecule has 1 aliphatic heterocycles. The van der Waals surface area contributed by atoms with Gasteiger partial charge in [0, 0.05) is 17.3 Å². The zero-order valence-corrected chi connectivity index (χ0v) is 21.0. The van der Waals surface area contributed by atoms with Crippen LogP contribution in [0.4, 0.5) is 17.6 Å². The van der Waals surface area contributed by atoms with Gasteiger partial charge in [0.1, 0.15) is 29.3 Å². The fourth-order valence-electron chi connectivity index (χ4n) is 4.47. The number of rotatable bonds is 7. The van der Waals surface area contributed by atoms with Gasteiger partial charge in [-0.3, -0.25) is 14.3 Å². The predicted octanol–water partition coefficient (Wildman–Crippen LogP) is 3.04. The molecule has 4 N–H and O–H groups in total. The Morgan fingerprint density at radius 1 is 1.26 bits per heavy atom. The topological polar surface area (TPSA) is 132 Å². The number of nitrogens with two attached hydrogens (primary N) is 1. The second kappa shape index (κ2) is 9.04. The first-order valence-corrected chi connectivity index (χ1v) is 12.1. The van der Waals surface area contributed by atoms with Crippen LogP contribution in [-0.2, 0) is 15.8 Å². The number of ether oxygens (including phenoxy) is 1. The highest BCUT2D eigenvalue weighted by Crippen LogP contribution is 2.47. The van der Waals surface area contributed by atoms with Crippen LogP contribution >= 0.6 is 0 Å². The van der Waals surface area contributed by atoms with Crippen molar-refractivity contribution in [2.24, 2.45) is 5.73 Å². The Kier molecular flexibility index (Phi) is 6.17. The van der Waals surface area contributed by atoms with E-state index in [4.69, 9.17) is 10.5 Å². The van der Waals surface area contributed by atoms with Gasteiger partial charge in [-0.25, -0.2) is 9.37 Å². The Hall–Kier alpha value is -4.00.